The number of rotatable bonds is 3. The Morgan fingerprint density at radius 2 is 1.88 bits per heavy atom. The summed E-state index contributed by atoms with van der Waals surface area (Å²) in [6.45, 7) is 2.91. The maximum absolute atomic E-state index is 11.8. The second-order valence-electron chi connectivity index (χ2n) is 7.44. The minimum absolute atomic E-state index is 0.0822. The van der Waals surface area contributed by atoms with Crippen LogP contribution in [0.3, 0.4) is 0 Å². The van der Waals surface area contributed by atoms with Gasteiger partial charge in [-0.25, -0.2) is 0 Å². The first-order valence-corrected chi connectivity index (χ1v) is 8.53. The summed E-state index contributed by atoms with van der Waals surface area (Å²) in [7, 11) is 0. The van der Waals surface area contributed by atoms with Crippen LogP contribution >= 0.6 is 0 Å². The number of hydrogen-bond donors (Lipinski definition) is 5. The zero-order valence-electron chi connectivity index (χ0n) is 14.2. The summed E-state index contributed by atoms with van der Waals surface area (Å²) in [6.07, 6.45) is -7.61. The first-order valence-electron chi connectivity index (χ1n) is 8.53. The predicted molar refractivity (Wildman–Crippen MR) is 81.0 cm³/mol. The summed E-state index contributed by atoms with van der Waals surface area (Å²) in [6, 6.07) is 0. The molecular weight excluding hydrogens is 336 g/mol. The Morgan fingerprint density at radius 1 is 1.20 bits per heavy atom. The van der Waals surface area contributed by atoms with Crippen LogP contribution in [-0.4, -0.2) is 87.1 Å². The number of esters is 1. The summed E-state index contributed by atoms with van der Waals surface area (Å²) < 4.78 is 16.4. The van der Waals surface area contributed by atoms with Crippen molar-refractivity contribution in [2.75, 3.05) is 13.2 Å². The molecule has 0 aromatic rings. The van der Waals surface area contributed by atoms with E-state index in [9.17, 15) is 30.3 Å². The third kappa shape index (κ3) is 2.97. The minimum atomic E-state index is -1.56. The lowest BCUT2D eigenvalue weighted by atomic mass is 9.79. The van der Waals surface area contributed by atoms with Crippen LogP contribution in [0.2, 0.25) is 0 Å². The molecule has 2 aliphatic heterocycles. The molecule has 144 valence electrons. The van der Waals surface area contributed by atoms with E-state index >= 15 is 0 Å². The highest BCUT2D eigenvalue weighted by Crippen LogP contribution is 2.49. The fraction of sp³-hybridized carbons (Fsp3) is 0.938. The van der Waals surface area contributed by atoms with Gasteiger partial charge in [-0.1, -0.05) is 6.92 Å². The van der Waals surface area contributed by atoms with Crippen molar-refractivity contribution in [2.45, 2.75) is 62.7 Å². The van der Waals surface area contributed by atoms with Gasteiger partial charge in [-0.05, 0) is 19.3 Å². The van der Waals surface area contributed by atoms with E-state index in [-0.39, 0.29) is 30.3 Å². The van der Waals surface area contributed by atoms with E-state index in [1.54, 1.807) is 13.8 Å². The maximum Gasteiger partial charge on any atom is 0.308 e. The van der Waals surface area contributed by atoms with Crippen molar-refractivity contribution in [1.82, 2.24) is 0 Å². The third-order valence-corrected chi connectivity index (χ3v) is 6.05. The highest BCUT2D eigenvalue weighted by Gasteiger charge is 2.59. The molecule has 2 saturated heterocycles. The normalized spacial score (nSPS) is 53.4. The van der Waals surface area contributed by atoms with Crippen molar-refractivity contribution >= 4 is 5.97 Å². The predicted octanol–water partition coefficient (Wildman–Crippen LogP) is -2.25. The molecule has 1 saturated carbocycles. The van der Waals surface area contributed by atoms with Gasteiger partial charge in [-0.3, -0.25) is 4.79 Å². The summed E-state index contributed by atoms with van der Waals surface area (Å²) in [5, 5.41) is 49.7. The molecule has 1 aliphatic carbocycles. The quantitative estimate of drug-likeness (QED) is 0.351. The molecule has 3 fully saturated rings. The maximum atomic E-state index is 11.8. The summed E-state index contributed by atoms with van der Waals surface area (Å²) in [4.78, 5) is 11.8. The fourth-order valence-corrected chi connectivity index (χ4v) is 4.23. The van der Waals surface area contributed by atoms with E-state index in [1.165, 1.54) is 0 Å². The Morgan fingerprint density at radius 3 is 2.52 bits per heavy atom. The van der Waals surface area contributed by atoms with Gasteiger partial charge in [0, 0.05) is 5.92 Å². The molecule has 10 atom stereocenters. The molecular formula is C16H26O9. The number of carbonyl (C=O) groups excluding carboxylic acids is 1. The van der Waals surface area contributed by atoms with Gasteiger partial charge in [0.15, 0.2) is 6.29 Å². The van der Waals surface area contributed by atoms with Gasteiger partial charge < -0.3 is 39.7 Å². The Kier molecular flexibility index (Phi) is 5.11. The van der Waals surface area contributed by atoms with Crippen molar-refractivity contribution in [2.24, 2.45) is 17.8 Å². The Balaban J connectivity index is 1.80. The Hall–Kier alpha value is -0.810. The second kappa shape index (κ2) is 6.73. The number of cyclic esters (lactones) is 1. The van der Waals surface area contributed by atoms with Crippen LogP contribution in [0.25, 0.3) is 0 Å². The van der Waals surface area contributed by atoms with E-state index in [0.29, 0.717) is 6.42 Å². The van der Waals surface area contributed by atoms with Crippen LogP contribution in [0.15, 0.2) is 0 Å². The number of fused-ring (bicyclic) bond motifs is 1. The molecule has 0 aromatic carbocycles. The van der Waals surface area contributed by atoms with E-state index in [1.807, 2.05) is 0 Å². The van der Waals surface area contributed by atoms with E-state index in [0.717, 1.165) is 0 Å². The van der Waals surface area contributed by atoms with Gasteiger partial charge in [0.05, 0.1) is 25.2 Å². The Bertz CT molecular complexity index is 512. The molecule has 5 unspecified atom stereocenters. The highest BCUT2D eigenvalue weighted by atomic mass is 16.7. The van der Waals surface area contributed by atoms with Crippen LogP contribution in [-0.2, 0) is 19.0 Å². The minimum Gasteiger partial charge on any atom is -0.465 e. The summed E-state index contributed by atoms with van der Waals surface area (Å²) >= 11 is 0. The van der Waals surface area contributed by atoms with Crippen LogP contribution in [0.4, 0.5) is 0 Å². The van der Waals surface area contributed by atoms with E-state index in [2.05, 4.69) is 0 Å². The molecule has 0 bridgehead atoms. The number of ether oxygens (including phenoxy) is 3. The van der Waals surface area contributed by atoms with Crippen molar-refractivity contribution in [3.8, 4) is 0 Å². The largest absolute Gasteiger partial charge is 0.465 e. The lowest BCUT2D eigenvalue weighted by molar-refractivity contribution is -0.338. The molecule has 0 aromatic heterocycles. The summed E-state index contributed by atoms with van der Waals surface area (Å²) in [5.41, 5.74) is -1.17. The average Bonchev–Trinajstić information content (AvgIpc) is 2.83. The number of hydrogen-bond acceptors (Lipinski definition) is 9. The van der Waals surface area contributed by atoms with Crippen molar-refractivity contribution in [3.05, 3.63) is 0 Å². The van der Waals surface area contributed by atoms with Gasteiger partial charge in [-0.2, -0.15) is 0 Å². The standard InChI is InChI=1S/C16H26O9/c1-6-7-3-10(18)16(2,8(7)5-23-14(6)22)25-15-13(21)12(20)11(19)9(4-17)24-15/h6-13,15,17-21H,3-5H2,1-2H3/t6?,7?,8?,9-,10?,11-,12+,13-,15+,16?/m1/s1. The van der Waals surface area contributed by atoms with Crippen LogP contribution in [0.1, 0.15) is 20.3 Å². The Labute approximate surface area is 145 Å². The topological polar surface area (TPSA) is 146 Å². The molecule has 9 nitrogen and oxygen atoms in total. The SMILES string of the molecule is CC1C(=O)OCC2C1CC(O)C2(C)O[C@@H]1O[C@H](CO)[C@@H](O)[C@H](O)[C@H]1O. The molecule has 25 heavy (non-hydrogen) atoms. The molecule has 3 rings (SSSR count). The van der Waals surface area contributed by atoms with E-state index in [4.69, 9.17) is 14.2 Å². The third-order valence-electron chi connectivity index (χ3n) is 6.05. The fourth-order valence-electron chi connectivity index (χ4n) is 4.23. The molecule has 2 heterocycles. The number of carbonyl (C=O) groups is 1. The summed E-state index contributed by atoms with van der Waals surface area (Å²) in [5.74, 6) is -1.13. The molecule has 3 aliphatic rings. The van der Waals surface area contributed by atoms with Crippen molar-refractivity contribution < 1.29 is 44.5 Å². The lowest BCUT2D eigenvalue weighted by Crippen LogP contribution is -2.62. The van der Waals surface area contributed by atoms with Crippen molar-refractivity contribution in [3.63, 3.8) is 0 Å². The zero-order chi connectivity index (χ0) is 18.5. The van der Waals surface area contributed by atoms with Gasteiger partial charge in [0.2, 0.25) is 0 Å². The average molecular weight is 362 g/mol. The molecule has 9 heteroatoms. The first kappa shape index (κ1) is 19.0. The number of aliphatic hydroxyl groups is 5. The van der Waals surface area contributed by atoms with E-state index < -0.39 is 49.0 Å². The second-order valence-corrected chi connectivity index (χ2v) is 7.44. The number of aliphatic hydroxyl groups excluding tert-OH is 5. The smallest absolute Gasteiger partial charge is 0.308 e. The van der Waals surface area contributed by atoms with Crippen LogP contribution < -0.4 is 0 Å². The monoisotopic (exact) mass is 362 g/mol. The molecule has 0 radical (unpaired) electrons. The van der Waals surface area contributed by atoms with Gasteiger partial charge >= 0.3 is 5.97 Å². The van der Waals surface area contributed by atoms with Gasteiger partial charge in [0.1, 0.15) is 30.0 Å². The highest BCUT2D eigenvalue weighted by molar-refractivity contribution is 5.73. The van der Waals surface area contributed by atoms with Gasteiger partial charge in [0.25, 0.3) is 0 Å². The molecule has 5 N–H and O–H groups in total. The first-order chi connectivity index (χ1) is 11.7. The molecule has 0 spiro atoms. The van der Waals surface area contributed by atoms with Crippen LogP contribution in [0, 0.1) is 17.8 Å². The van der Waals surface area contributed by atoms with Crippen LogP contribution in [0.5, 0.6) is 0 Å². The van der Waals surface area contributed by atoms with Crippen molar-refractivity contribution in [1.29, 1.82) is 0 Å². The molecule has 0 amide bonds. The van der Waals surface area contributed by atoms with Gasteiger partial charge in [-0.15, -0.1) is 0 Å². The zero-order valence-corrected chi connectivity index (χ0v) is 14.2. The lowest BCUT2D eigenvalue weighted by Gasteiger charge is -2.45.